The minimum atomic E-state index is -2.04. The number of aliphatic hydroxyl groups excluding tert-OH is 4. The minimum Gasteiger partial charge on any atom is -0.456 e. The highest BCUT2D eigenvalue weighted by atomic mass is 19.2. The number of hydrogen-bond acceptors (Lipinski definition) is 11. The molecule has 0 aliphatic carbocycles. The fraction of sp³-hybridized carbons (Fsp3) is 0.391. The number of benzene rings is 1. The Morgan fingerprint density at radius 3 is 2.46 bits per heavy atom. The van der Waals surface area contributed by atoms with Crippen LogP contribution in [0.15, 0.2) is 45.8 Å². The standard InChI is InChI=1S/C23H23F3N4O11/c24-8-1-2-9(14(26)13(8)25)28-20(37)11-5-10(32)16(35)22(39-11)41-18(19(27)36)17-7(6-31)15(34)21(40-17)30-4-3-12(33)29-23(30)38/h1-5,7,10,15-18,21-22,31-32,34-35H,6H2,(H2,27,36)(H,28,37)(H,29,33,38)/t7-,10-,15+,16-,17-,18+,21+,22+/m0/s1. The number of aromatic amines is 1. The van der Waals surface area contributed by atoms with Crippen molar-refractivity contribution in [2.45, 2.75) is 43.0 Å². The third-order valence-electron chi connectivity index (χ3n) is 6.35. The molecule has 2 amide bonds. The van der Waals surface area contributed by atoms with Crippen LogP contribution in [0.25, 0.3) is 0 Å². The van der Waals surface area contributed by atoms with Gasteiger partial charge in [-0.15, -0.1) is 0 Å². The smallest absolute Gasteiger partial charge is 0.330 e. The number of ether oxygens (including phenoxy) is 3. The van der Waals surface area contributed by atoms with Crippen LogP contribution >= 0.6 is 0 Å². The van der Waals surface area contributed by atoms with Crippen LogP contribution in [0.5, 0.6) is 0 Å². The van der Waals surface area contributed by atoms with E-state index in [1.807, 2.05) is 10.3 Å². The van der Waals surface area contributed by atoms with E-state index in [-0.39, 0.29) is 0 Å². The van der Waals surface area contributed by atoms with E-state index in [1.54, 1.807) is 0 Å². The number of amides is 2. The number of aliphatic hydroxyl groups is 4. The van der Waals surface area contributed by atoms with Crippen LogP contribution in [0, 0.1) is 23.4 Å². The van der Waals surface area contributed by atoms with Crippen molar-refractivity contribution in [2.75, 3.05) is 11.9 Å². The van der Waals surface area contributed by atoms with Crippen molar-refractivity contribution in [3.8, 4) is 0 Å². The molecule has 4 rings (SSSR count). The zero-order chi connectivity index (χ0) is 30.2. The minimum absolute atomic E-state index is 0.536. The third kappa shape index (κ3) is 5.87. The highest BCUT2D eigenvalue weighted by molar-refractivity contribution is 6.02. The molecule has 1 saturated heterocycles. The lowest BCUT2D eigenvalue weighted by atomic mass is 9.94. The van der Waals surface area contributed by atoms with Gasteiger partial charge in [0.2, 0.25) is 12.2 Å². The Morgan fingerprint density at radius 1 is 1.12 bits per heavy atom. The van der Waals surface area contributed by atoms with Gasteiger partial charge >= 0.3 is 5.69 Å². The molecule has 15 nitrogen and oxygen atoms in total. The van der Waals surface area contributed by atoms with Gasteiger partial charge in [0.1, 0.15) is 24.4 Å². The number of hydrogen-bond donors (Lipinski definition) is 7. The van der Waals surface area contributed by atoms with Crippen LogP contribution in [-0.4, -0.2) is 85.2 Å². The quantitative estimate of drug-likeness (QED) is 0.157. The Hall–Kier alpha value is -4.07. The molecule has 2 aliphatic rings. The predicted molar refractivity (Wildman–Crippen MR) is 126 cm³/mol. The fourth-order valence-corrected chi connectivity index (χ4v) is 4.26. The van der Waals surface area contributed by atoms with E-state index in [0.717, 1.165) is 16.8 Å². The molecule has 1 aromatic heterocycles. The third-order valence-corrected chi connectivity index (χ3v) is 6.35. The predicted octanol–water partition coefficient (Wildman–Crippen LogP) is -2.71. The number of carbonyl (C=O) groups excluding carboxylic acids is 2. The zero-order valence-corrected chi connectivity index (χ0v) is 20.5. The Morgan fingerprint density at radius 2 is 1.83 bits per heavy atom. The van der Waals surface area contributed by atoms with E-state index >= 15 is 0 Å². The van der Waals surface area contributed by atoms with Crippen molar-refractivity contribution >= 4 is 17.5 Å². The van der Waals surface area contributed by atoms with Gasteiger partial charge < -0.3 is 45.7 Å². The molecule has 18 heteroatoms. The van der Waals surface area contributed by atoms with E-state index in [4.69, 9.17) is 19.9 Å². The summed E-state index contributed by atoms with van der Waals surface area (Å²) in [6.07, 6.45) is -11.0. The van der Waals surface area contributed by atoms with Crippen LogP contribution in [0.3, 0.4) is 0 Å². The summed E-state index contributed by atoms with van der Waals surface area (Å²) in [6.45, 7) is -0.836. The van der Waals surface area contributed by atoms with Crippen LogP contribution in [0.4, 0.5) is 18.9 Å². The molecule has 0 radical (unpaired) electrons. The maximum atomic E-state index is 14.0. The van der Waals surface area contributed by atoms with Gasteiger partial charge in [-0.1, -0.05) is 0 Å². The largest absolute Gasteiger partial charge is 0.456 e. The summed E-state index contributed by atoms with van der Waals surface area (Å²) in [5.74, 6) is -9.86. The average molecular weight is 588 g/mol. The van der Waals surface area contributed by atoms with Crippen molar-refractivity contribution in [1.82, 2.24) is 9.55 Å². The summed E-state index contributed by atoms with van der Waals surface area (Å²) >= 11 is 0. The Labute approximate surface area is 226 Å². The molecule has 0 bridgehead atoms. The Bertz CT molecular complexity index is 1480. The van der Waals surface area contributed by atoms with Gasteiger partial charge in [0.15, 0.2) is 35.5 Å². The number of nitrogens with two attached hydrogens (primary N) is 1. The van der Waals surface area contributed by atoms with Gasteiger partial charge in [0.05, 0.1) is 12.3 Å². The molecule has 3 heterocycles. The highest BCUT2D eigenvalue weighted by Crippen LogP contribution is 2.36. The van der Waals surface area contributed by atoms with Gasteiger partial charge in [0.25, 0.3) is 11.5 Å². The first-order chi connectivity index (χ1) is 19.3. The van der Waals surface area contributed by atoms with Gasteiger partial charge in [-0.25, -0.2) is 18.0 Å². The van der Waals surface area contributed by atoms with Crippen LogP contribution in [0.1, 0.15) is 6.23 Å². The second-order valence-corrected chi connectivity index (χ2v) is 8.98. The normalized spacial score (nSPS) is 28.5. The Kier molecular flexibility index (Phi) is 8.61. The van der Waals surface area contributed by atoms with E-state index in [2.05, 4.69) is 0 Å². The molecular weight excluding hydrogens is 565 g/mol. The van der Waals surface area contributed by atoms with Crippen LogP contribution in [0.2, 0.25) is 0 Å². The van der Waals surface area contributed by atoms with Gasteiger partial charge in [-0.05, 0) is 18.2 Å². The number of H-pyrrole nitrogens is 1. The van der Waals surface area contributed by atoms with Crippen molar-refractivity contribution < 1.29 is 57.4 Å². The molecule has 41 heavy (non-hydrogen) atoms. The monoisotopic (exact) mass is 588 g/mol. The molecule has 0 spiro atoms. The van der Waals surface area contributed by atoms with Crippen molar-refractivity contribution in [2.24, 2.45) is 11.7 Å². The molecule has 1 aromatic carbocycles. The molecule has 222 valence electrons. The van der Waals surface area contributed by atoms with Crippen LogP contribution < -0.4 is 22.3 Å². The Balaban J connectivity index is 1.56. The average Bonchev–Trinajstić information content (AvgIpc) is 3.24. The number of carbonyl (C=O) groups is 2. The van der Waals surface area contributed by atoms with Gasteiger partial charge in [-0.3, -0.25) is 23.9 Å². The first-order valence-electron chi connectivity index (χ1n) is 11.7. The first kappa shape index (κ1) is 29.9. The number of anilines is 1. The summed E-state index contributed by atoms with van der Waals surface area (Å²) in [6, 6.07) is 2.19. The SMILES string of the molecule is NC(=O)[C@H](O[C@H]1OC(C(=O)Nc2ccc(F)c(F)c2F)=C[C@H](O)[C@@H]1O)[C@H]1O[C@@H](n2ccc(=O)[nH]c2=O)[C@H](O)[C@@H]1CO. The lowest BCUT2D eigenvalue weighted by Crippen LogP contribution is -2.52. The topological polar surface area (TPSA) is 236 Å². The maximum absolute atomic E-state index is 14.0. The lowest BCUT2D eigenvalue weighted by Gasteiger charge is -2.35. The molecule has 0 saturated carbocycles. The lowest BCUT2D eigenvalue weighted by molar-refractivity contribution is -0.239. The number of primary amides is 1. The van der Waals surface area contributed by atoms with Gasteiger partial charge in [0, 0.05) is 18.2 Å². The molecule has 2 aromatic rings. The second kappa shape index (κ2) is 11.8. The fourth-order valence-electron chi connectivity index (χ4n) is 4.26. The number of aromatic nitrogens is 2. The summed E-state index contributed by atoms with van der Waals surface area (Å²) < 4.78 is 57.7. The van der Waals surface area contributed by atoms with Crippen LogP contribution in [-0.2, 0) is 23.8 Å². The van der Waals surface area contributed by atoms with E-state index in [1.165, 1.54) is 0 Å². The summed E-state index contributed by atoms with van der Waals surface area (Å²) in [5, 5.41) is 43.1. The number of rotatable bonds is 8. The van der Waals surface area contributed by atoms with E-state index < -0.39 is 108 Å². The zero-order valence-electron chi connectivity index (χ0n) is 20.5. The molecule has 8 atom stereocenters. The summed E-state index contributed by atoms with van der Waals surface area (Å²) in [4.78, 5) is 50.5. The summed E-state index contributed by atoms with van der Waals surface area (Å²) in [5.41, 5.74) is 2.88. The molecule has 8 N–H and O–H groups in total. The maximum Gasteiger partial charge on any atom is 0.330 e. The molecular formula is C23H23F3N4O11. The molecule has 1 fully saturated rings. The van der Waals surface area contributed by atoms with Crippen molar-refractivity contribution in [3.05, 3.63) is 74.5 Å². The number of nitrogens with zero attached hydrogens (tertiary/aromatic N) is 1. The molecule has 2 aliphatic heterocycles. The first-order valence-corrected chi connectivity index (χ1v) is 11.7. The van der Waals surface area contributed by atoms with Gasteiger partial charge in [-0.2, -0.15) is 0 Å². The number of nitrogens with one attached hydrogen (secondary N) is 2. The highest BCUT2D eigenvalue weighted by Gasteiger charge is 2.51. The molecule has 0 unspecified atom stereocenters. The summed E-state index contributed by atoms with van der Waals surface area (Å²) in [7, 11) is 0. The second-order valence-electron chi connectivity index (χ2n) is 8.98. The van der Waals surface area contributed by atoms with E-state index in [9.17, 15) is 52.8 Å². The van der Waals surface area contributed by atoms with E-state index in [0.29, 0.717) is 18.2 Å². The van der Waals surface area contributed by atoms with Crippen molar-refractivity contribution in [3.63, 3.8) is 0 Å². The van der Waals surface area contributed by atoms with Crippen molar-refractivity contribution in [1.29, 1.82) is 0 Å². The number of halogens is 3.